The van der Waals surface area contributed by atoms with Crippen LogP contribution in [0.25, 0.3) is 10.9 Å². The monoisotopic (exact) mass is 381 g/mol. The van der Waals surface area contributed by atoms with Crippen LogP contribution in [0, 0.1) is 24.1 Å². The van der Waals surface area contributed by atoms with E-state index in [0.29, 0.717) is 51.5 Å². The van der Waals surface area contributed by atoms with Crippen LogP contribution in [-0.2, 0) is 6.54 Å². The van der Waals surface area contributed by atoms with Gasteiger partial charge in [0.05, 0.1) is 43.7 Å². The maximum atomic E-state index is 14.0. The average molecular weight is 381 g/mol. The second-order valence-corrected chi connectivity index (χ2v) is 6.14. The first kappa shape index (κ1) is 19.2. The molecule has 2 aromatic carbocycles. The van der Waals surface area contributed by atoms with Crippen LogP contribution < -0.4 is 19.5 Å². The molecule has 3 aromatic rings. The lowest BCUT2D eigenvalue weighted by Gasteiger charge is -2.17. The Kier molecular flexibility index (Phi) is 5.50. The standard InChI is InChI=1S/C21H20FN3O3/c1-12-5-14(22)6-16-20(12)24-10-13(9-23)21(16)25-11-17-18(27-3)7-15(26-2)8-19(17)28-4/h5-8,10H,11H2,1-4H3,(H,24,25). The lowest BCUT2D eigenvalue weighted by atomic mass is 10.1. The van der Waals surface area contributed by atoms with Gasteiger partial charge < -0.3 is 19.5 Å². The van der Waals surface area contributed by atoms with Crippen molar-refractivity contribution in [1.29, 1.82) is 5.26 Å². The number of hydrogen-bond donors (Lipinski definition) is 1. The molecule has 0 bridgehead atoms. The Labute approximate surface area is 162 Å². The van der Waals surface area contributed by atoms with Gasteiger partial charge in [0.1, 0.15) is 29.1 Å². The van der Waals surface area contributed by atoms with Gasteiger partial charge in [-0.15, -0.1) is 0 Å². The summed E-state index contributed by atoms with van der Waals surface area (Å²) in [6.45, 7) is 2.07. The van der Waals surface area contributed by atoms with Crippen molar-refractivity contribution in [1.82, 2.24) is 4.98 Å². The summed E-state index contributed by atoms with van der Waals surface area (Å²) in [5.74, 6) is 1.36. The highest BCUT2D eigenvalue weighted by molar-refractivity contribution is 5.95. The summed E-state index contributed by atoms with van der Waals surface area (Å²) in [6.07, 6.45) is 1.48. The molecule has 0 atom stereocenters. The Balaban J connectivity index is 2.09. The highest BCUT2D eigenvalue weighted by atomic mass is 19.1. The summed E-state index contributed by atoms with van der Waals surface area (Å²) in [7, 11) is 4.67. The van der Waals surface area contributed by atoms with Crippen molar-refractivity contribution in [2.45, 2.75) is 13.5 Å². The molecular weight excluding hydrogens is 361 g/mol. The molecule has 1 aromatic heterocycles. The van der Waals surface area contributed by atoms with Gasteiger partial charge in [-0.3, -0.25) is 4.98 Å². The molecule has 0 saturated carbocycles. The van der Waals surface area contributed by atoms with Crippen molar-refractivity contribution in [2.24, 2.45) is 0 Å². The number of halogens is 1. The van der Waals surface area contributed by atoms with Crippen LogP contribution in [0.2, 0.25) is 0 Å². The fourth-order valence-corrected chi connectivity index (χ4v) is 3.14. The Hall–Kier alpha value is -3.53. The number of anilines is 1. The summed E-state index contributed by atoms with van der Waals surface area (Å²) in [5, 5.41) is 13.3. The Morgan fingerprint density at radius 3 is 2.32 bits per heavy atom. The first-order valence-electron chi connectivity index (χ1n) is 8.54. The number of aromatic nitrogens is 1. The smallest absolute Gasteiger partial charge is 0.131 e. The second kappa shape index (κ2) is 8.01. The van der Waals surface area contributed by atoms with E-state index in [1.54, 1.807) is 40.4 Å². The quantitative estimate of drug-likeness (QED) is 0.690. The lowest BCUT2D eigenvalue weighted by Crippen LogP contribution is -2.07. The van der Waals surface area contributed by atoms with Gasteiger partial charge in [-0.25, -0.2) is 4.39 Å². The summed E-state index contributed by atoms with van der Waals surface area (Å²) in [5.41, 5.74) is 2.91. The van der Waals surface area contributed by atoms with Crippen molar-refractivity contribution >= 4 is 16.6 Å². The molecule has 144 valence electrons. The van der Waals surface area contributed by atoms with E-state index in [-0.39, 0.29) is 5.82 Å². The number of hydrogen-bond acceptors (Lipinski definition) is 6. The number of fused-ring (bicyclic) bond motifs is 1. The molecule has 0 unspecified atom stereocenters. The number of rotatable bonds is 6. The van der Waals surface area contributed by atoms with Gasteiger partial charge in [-0.2, -0.15) is 5.26 Å². The second-order valence-electron chi connectivity index (χ2n) is 6.14. The van der Waals surface area contributed by atoms with Crippen LogP contribution in [0.5, 0.6) is 17.2 Å². The molecule has 0 saturated heterocycles. The number of benzene rings is 2. The van der Waals surface area contributed by atoms with Crippen LogP contribution >= 0.6 is 0 Å². The fraction of sp³-hybridized carbons (Fsp3) is 0.238. The number of nitriles is 1. The number of aryl methyl sites for hydroxylation is 1. The van der Waals surface area contributed by atoms with Crippen LogP contribution in [-0.4, -0.2) is 26.3 Å². The van der Waals surface area contributed by atoms with Gasteiger partial charge in [-0.05, 0) is 24.6 Å². The van der Waals surface area contributed by atoms with Gasteiger partial charge in [0.15, 0.2) is 0 Å². The van der Waals surface area contributed by atoms with Crippen molar-refractivity contribution < 1.29 is 18.6 Å². The Morgan fingerprint density at radius 2 is 1.75 bits per heavy atom. The topological polar surface area (TPSA) is 76.4 Å². The van der Waals surface area contributed by atoms with Crippen LogP contribution in [0.4, 0.5) is 10.1 Å². The van der Waals surface area contributed by atoms with E-state index in [1.165, 1.54) is 18.3 Å². The minimum absolute atomic E-state index is 0.291. The summed E-state index contributed by atoms with van der Waals surface area (Å²) in [6, 6.07) is 8.40. The van der Waals surface area contributed by atoms with E-state index < -0.39 is 0 Å². The normalized spacial score (nSPS) is 10.4. The highest BCUT2D eigenvalue weighted by Crippen LogP contribution is 2.36. The first-order chi connectivity index (χ1) is 13.5. The van der Waals surface area contributed by atoms with Crippen LogP contribution in [0.1, 0.15) is 16.7 Å². The number of nitrogens with one attached hydrogen (secondary N) is 1. The number of pyridine rings is 1. The van der Waals surface area contributed by atoms with E-state index >= 15 is 0 Å². The van der Waals surface area contributed by atoms with E-state index in [4.69, 9.17) is 14.2 Å². The molecule has 0 radical (unpaired) electrons. The fourth-order valence-electron chi connectivity index (χ4n) is 3.14. The third-order valence-electron chi connectivity index (χ3n) is 4.51. The predicted octanol–water partition coefficient (Wildman–Crippen LogP) is 4.19. The number of ether oxygens (including phenoxy) is 3. The zero-order chi connectivity index (χ0) is 20.3. The largest absolute Gasteiger partial charge is 0.496 e. The molecule has 0 aliphatic carbocycles. The first-order valence-corrected chi connectivity index (χ1v) is 8.54. The molecule has 6 nitrogen and oxygen atoms in total. The van der Waals surface area contributed by atoms with E-state index in [1.807, 2.05) is 0 Å². The van der Waals surface area contributed by atoms with Crippen molar-refractivity contribution in [3.05, 3.63) is 53.0 Å². The molecule has 3 rings (SSSR count). The van der Waals surface area contributed by atoms with Gasteiger partial charge in [0, 0.05) is 30.3 Å². The van der Waals surface area contributed by atoms with Gasteiger partial charge in [0.2, 0.25) is 0 Å². The van der Waals surface area contributed by atoms with E-state index in [9.17, 15) is 9.65 Å². The third-order valence-corrected chi connectivity index (χ3v) is 4.51. The van der Waals surface area contributed by atoms with E-state index in [2.05, 4.69) is 16.4 Å². The molecular formula is C21H20FN3O3. The zero-order valence-corrected chi connectivity index (χ0v) is 16.1. The van der Waals surface area contributed by atoms with Crippen LogP contribution in [0.15, 0.2) is 30.5 Å². The zero-order valence-electron chi connectivity index (χ0n) is 16.1. The van der Waals surface area contributed by atoms with Crippen molar-refractivity contribution in [3.63, 3.8) is 0 Å². The molecule has 1 N–H and O–H groups in total. The average Bonchev–Trinajstić information content (AvgIpc) is 2.71. The highest BCUT2D eigenvalue weighted by Gasteiger charge is 2.16. The molecule has 0 amide bonds. The SMILES string of the molecule is COc1cc(OC)c(CNc2c(C#N)cnc3c(C)cc(F)cc23)c(OC)c1. The Morgan fingerprint density at radius 1 is 1.07 bits per heavy atom. The van der Waals surface area contributed by atoms with Gasteiger partial charge >= 0.3 is 0 Å². The number of methoxy groups -OCH3 is 3. The predicted molar refractivity (Wildman–Crippen MR) is 105 cm³/mol. The van der Waals surface area contributed by atoms with Gasteiger partial charge in [-0.1, -0.05) is 0 Å². The van der Waals surface area contributed by atoms with E-state index in [0.717, 1.165) is 5.56 Å². The minimum atomic E-state index is -0.385. The minimum Gasteiger partial charge on any atom is -0.496 e. The maximum Gasteiger partial charge on any atom is 0.131 e. The molecule has 28 heavy (non-hydrogen) atoms. The summed E-state index contributed by atoms with van der Waals surface area (Å²) in [4.78, 5) is 4.30. The molecule has 0 fully saturated rings. The van der Waals surface area contributed by atoms with Crippen molar-refractivity contribution in [3.8, 4) is 23.3 Å². The molecule has 0 aliphatic rings. The van der Waals surface area contributed by atoms with Gasteiger partial charge in [0.25, 0.3) is 0 Å². The molecule has 1 heterocycles. The number of nitrogens with zero attached hydrogens (tertiary/aromatic N) is 2. The summed E-state index contributed by atoms with van der Waals surface area (Å²) < 4.78 is 30.2. The Bertz CT molecular complexity index is 1050. The lowest BCUT2D eigenvalue weighted by molar-refractivity contribution is 0.369. The summed E-state index contributed by atoms with van der Waals surface area (Å²) >= 11 is 0. The van der Waals surface area contributed by atoms with Crippen LogP contribution in [0.3, 0.4) is 0 Å². The molecule has 7 heteroatoms. The van der Waals surface area contributed by atoms with Crippen molar-refractivity contribution in [2.75, 3.05) is 26.6 Å². The molecule has 0 spiro atoms. The third kappa shape index (κ3) is 3.49. The maximum absolute atomic E-state index is 14.0. The molecule has 0 aliphatic heterocycles.